The maximum Gasteiger partial charge on any atom is 0.407 e. The quantitative estimate of drug-likeness (QED) is 0.0243. The van der Waals surface area contributed by atoms with Gasteiger partial charge in [0.1, 0.15) is 36.8 Å². The number of alkyl carbamates (subject to hydrolysis) is 1. The number of hydrogen-bond donors (Lipinski definition) is 9. The van der Waals surface area contributed by atoms with Gasteiger partial charge < -0.3 is 53.5 Å². The molecule has 5 atom stereocenters. The number of hydrogen-bond acceptors (Lipinski definition) is 8. The summed E-state index contributed by atoms with van der Waals surface area (Å²) in [6.07, 6.45) is 8.29. The molecule has 3 aromatic carbocycles. The fourth-order valence-electron chi connectivity index (χ4n) is 7.53. The van der Waals surface area contributed by atoms with E-state index in [0.29, 0.717) is 5.56 Å². The number of aromatic nitrogens is 1. The second-order valence-corrected chi connectivity index (χ2v) is 15.5. The Balaban J connectivity index is 1.29. The molecule has 0 radical (unpaired) electrons. The van der Waals surface area contributed by atoms with Gasteiger partial charge in [0.25, 0.3) is 0 Å². The molecule has 17 heteroatoms. The Bertz CT molecular complexity index is 2340. The number of aromatic amines is 1. The largest absolute Gasteiger partial charge is 0.449 e. The lowest BCUT2D eigenvalue weighted by molar-refractivity contribution is -0.134. The summed E-state index contributed by atoms with van der Waals surface area (Å²) in [7, 11) is 0. The van der Waals surface area contributed by atoms with Gasteiger partial charge >= 0.3 is 6.09 Å². The van der Waals surface area contributed by atoms with Crippen molar-refractivity contribution in [1.29, 1.82) is 0 Å². The third-order valence-corrected chi connectivity index (χ3v) is 10.9. The number of nitrogens with two attached hydrogens (primary N) is 3. The molecule has 17 nitrogen and oxygen atoms in total. The average Bonchev–Trinajstić information content (AvgIpc) is 3.84. The lowest BCUT2D eigenvalue weighted by atomic mass is 9.98. The van der Waals surface area contributed by atoms with Crippen LogP contribution in [0.4, 0.5) is 4.79 Å². The van der Waals surface area contributed by atoms with Crippen LogP contribution >= 0.6 is 0 Å². The number of primary amides is 1. The lowest BCUT2D eigenvalue weighted by Gasteiger charge is -2.26. The summed E-state index contributed by atoms with van der Waals surface area (Å²) in [5.74, 6) is -3.87. The topological polar surface area (TPSA) is 278 Å². The van der Waals surface area contributed by atoms with E-state index in [9.17, 15) is 28.8 Å². The maximum absolute atomic E-state index is 14.2. The van der Waals surface area contributed by atoms with Gasteiger partial charge in [0.05, 0.1) is 0 Å². The SMILES string of the molecule is CC=CC[C@H](NC(=O)[C@H](CCCN=C(N)N)NC(=O)[C@H](Cc1c[nH]c2ccccc12)NC(=O)[C@H](C)NC(=O)[C@H](CC=CC)NC(=O)OCC1c2ccccc2-c2ccccc21)C(N)=O. The number of guanidine groups is 1. The third-order valence-electron chi connectivity index (χ3n) is 10.9. The average molecular weight is 875 g/mol. The molecule has 338 valence electrons. The summed E-state index contributed by atoms with van der Waals surface area (Å²) >= 11 is 0. The van der Waals surface area contributed by atoms with Crippen molar-refractivity contribution in [2.75, 3.05) is 13.2 Å². The van der Waals surface area contributed by atoms with Crippen molar-refractivity contribution in [3.63, 3.8) is 0 Å². The first kappa shape index (κ1) is 47.6. The Morgan fingerprint density at radius 2 is 1.27 bits per heavy atom. The third kappa shape index (κ3) is 12.8. The highest BCUT2D eigenvalue weighted by molar-refractivity contribution is 5.96. The van der Waals surface area contributed by atoms with Crippen LogP contribution in [0.2, 0.25) is 0 Å². The summed E-state index contributed by atoms with van der Waals surface area (Å²) in [4.78, 5) is 88.1. The van der Waals surface area contributed by atoms with Gasteiger partial charge in [-0.05, 0) is 80.3 Å². The van der Waals surface area contributed by atoms with Crippen LogP contribution in [0.5, 0.6) is 0 Å². The van der Waals surface area contributed by atoms with Crippen LogP contribution in [-0.4, -0.2) is 89.9 Å². The minimum absolute atomic E-state index is 0.0109. The predicted molar refractivity (Wildman–Crippen MR) is 245 cm³/mol. The molecule has 1 aliphatic carbocycles. The number of carbonyl (C=O) groups is 6. The van der Waals surface area contributed by atoms with Crippen molar-refractivity contribution in [2.24, 2.45) is 22.2 Å². The van der Waals surface area contributed by atoms with Crippen LogP contribution in [0.1, 0.15) is 69.1 Å². The van der Waals surface area contributed by atoms with E-state index >= 15 is 0 Å². The van der Waals surface area contributed by atoms with Gasteiger partial charge in [0.15, 0.2) is 5.96 Å². The van der Waals surface area contributed by atoms with Crippen molar-refractivity contribution >= 4 is 52.5 Å². The molecule has 1 aromatic heterocycles. The molecule has 64 heavy (non-hydrogen) atoms. The zero-order chi connectivity index (χ0) is 46.2. The Labute approximate surface area is 372 Å². The molecular weight excluding hydrogens is 817 g/mol. The van der Waals surface area contributed by atoms with Crippen molar-refractivity contribution in [1.82, 2.24) is 31.6 Å². The van der Waals surface area contributed by atoms with E-state index in [1.165, 1.54) is 6.92 Å². The number of nitrogens with zero attached hydrogens (tertiary/aromatic N) is 1. The van der Waals surface area contributed by atoms with Crippen LogP contribution in [0.25, 0.3) is 22.0 Å². The molecule has 6 amide bonds. The summed E-state index contributed by atoms with van der Waals surface area (Å²) < 4.78 is 5.70. The normalized spacial score (nSPS) is 14.4. The Hall–Kier alpha value is -7.43. The molecule has 5 rings (SSSR count). The van der Waals surface area contributed by atoms with E-state index in [-0.39, 0.29) is 57.1 Å². The number of aliphatic imine (C=N–C) groups is 1. The van der Waals surface area contributed by atoms with Crippen molar-refractivity contribution in [3.05, 3.63) is 120 Å². The van der Waals surface area contributed by atoms with E-state index in [4.69, 9.17) is 21.9 Å². The number of carbonyl (C=O) groups excluding carboxylic acids is 6. The minimum Gasteiger partial charge on any atom is -0.449 e. The van der Waals surface area contributed by atoms with E-state index in [1.807, 2.05) is 72.8 Å². The number of benzene rings is 3. The molecule has 0 fully saturated rings. The fraction of sp³-hybridized carbons (Fsp3) is 0.340. The van der Waals surface area contributed by atoms with Crippen molar-refractivity contribution in [2.45, 2.75) is 89.0 Å². The van der Waals surface area contributed by atoms with Crippen LogP contribution in [0.15, 0.2) is 108 Å². The van der Waals surface area contributed by atoms with Crippen molar-refractivity contribution in [3.8, 4) is 11.1 Å². The van der Waals surface area contributed by atoms with Gasteiger partial charge in [-0.15, -0.1) is 0 Å². The molecule has 1 aliphatic rings. The number of rotatable bonds is 22. The summed E-state index contributed by atoms with van der Waals surface area (Å²) in [6, 6.07) is 17.5. The van der Waals surface area contributed by atoms with Crippen LogP contribution in [0, 0.1) is 0 Å². The number of fused-ring (bicyclic) bond motifs is 4. The summed E-state index contributed by atoms with van der Waals surface area (Å²) in [5.41, 5.74) is 22.3. The van der Waals surface area contributed by atoms with Gasteiger partial charge in [0.2, 0.25) is 29.5 Å². The van der Waals surface area contributed by atoms with Gasteiger partial charge in [-0.2, -0.15) is 0 Å². The number of para-hydroxylation sites is 1. The Morgan fingerprint density at radius 3 is 1.91 bits per heavy atom. The molecule has 4 aromatic rings. The van der Waals surface area contributed by atoms with Gasteiger partial charge in [-0.25, -0.2) is 4.79 Å². The van der Waals surface area contributed by atoms with Crippen molar-refractivity contribution < 1.29 is 33.5 Å². The van der Waals surface area contributed by atoms with E-state index in [1.54, 1.807) is 44.3 Å². The second kappa shape index (κ2) is 23.1. The van der Waals surface area contributed by atoms with Gasteiger partial charge in [0, 0.05) is 36.0 Å². The van der Waals surface area contributed by atoms with Gasteiger partial charge in [-0.1, -0.05) is 91.0 Å². The molecule has 0 saturated carbocycles. The summed E-state index contributed by atoms with van der Waals surface area (Å²) in [5, 5.41) is 14.2. The first-order chi connectivity index (χ1) is 30.8. The fourth-order valence-corrected chi connectivity index (χ4v) is 7.53. The number of H-pyrrole nitrogens is 1. The molecule has 0 unspecified atom stereocenters. The zero-order valence-corrected chi connectivity index (χ0v) is 36.3. The van der Waals surface area contributed by atoms with E-state index < -0.39 is 65.8 Å². The molecule has 12 N–H and O–H groups in total. The maximum atomic E-state index is 14.2. The highest BCUT2D eigenvalue weighted by Gasteiger charge is 2.33. The smallest absolute Gasteiger partial charge is 0.407 e. The van der Waals surface area contributed by atoms with E-state index in [2.05, 4.69) is 36.6 Å². The summed E-state index contributed by atoms with van der Waals surface area (Å²) in [6.45, 7) is 5.17. The first-order valence-corrected chi connectivity index (χ1v) is 21.3. The Morgan fingerprint density at radius 1 is 0.703 bits per heavy atom. The molecule has 0 spiro atoms. The molecule has 0 bridgehead atoms. The predicted octanol–water partition coefficient (Wildman–Crippen LogP) is 3.05. The molecule has 0 saturated heterocycles. The Kier molecular flexibility index (Phi) is 17.2. The standard InChI is InChI=1S/C47H58N10O7/c1-4-6-20-37(41(48)58)54-44(61)38(23-14-24-51-46(49)50)55-45(62)40(25-29-26-52-36-22-13-12-15-30(29)36)56-42(59)28(3)53-43(60)39(21-7-5-2)57-47(63)64-27-35-33-18-10-8-16-31(33)32-17-9-11-19-34(32)35/h4-13,15-19,22,26,28,35,37-40,52H,14,20-21,23-25,27H2,1-3H3,(H2,48,58)(H,53,60)(H,54,61)(H,55,62)(H,56,59)(H,57,63)(H4,49,50,51)/t28-,37-,38-,39-,40-/m0/s1. The number of ether oxygens (including phenoxy) is 1. The number of amides is 6. The van der Waals surface area contributed by atoms with Crippen LogP contribution in [-0.2, 0) is 35.1 Å². The first-order valence-electron chi connectivity index (χ1n) is 21.3. The van der Waals surface area contributed by atoms with Crippen LogP contribution in [0.3, 0.4) is 0 Å². The zero-order valence-electron chi connectivity index (χ0n) is 36.3. The number of nitrogens with one attached hydrogen (secondary N) is 6. The molecular formula is C47H58N10O7. The minimum atomic E-state index is -1.26. The lowest BCUT2D eigenvalue weighted by Crippen LogP contribution is -2.59. The highest BCUT2D eigenvalue weighted by atomic mass is 16.5. The van der Waals surface area contributed by atoms with E-state index in [0.717, 1.165) is 33.2 Å². The van der Waals surface area contributed by atoms with Gasteiger partial charge in [-0.3, -0.25) is 29.0 Å². The number of allylic oxidation sites excluding steroid dienone is 2. The molecule has 0 aliphatic heterocycles. The second-order valence-electron chi connectivity index (χ2n) is 15.5. The van der Waals surface area contributed by atoms with Crippen LogP contribution < -0.4 is 43.8 Å². The highest BCUT2D eigenvalue weighted by Crippen LogP contribution is 2.44. The monoisotopic (exact) mass is 874 g/mol. The molecule has 1 heterocycles.